The van der Waals surface area contributed by atoms with Crippen molar-refractivity contribution in [3.63, 3.8) is 0 Å². The Labute approximate surface area is 246 Å². The molecule has 0 radical (unpaired) electrons. The molecule has 2 heteroatoms. The Morgan fingerprint density at radius 2 is 0.795 bits per heavy atom. The van der Waals surface area contributed by atoms with Crippen molar-refractivity contribution >= 4 is 5.71 Å². The van der Waals surface area contributed by atoms with Crippen LogP contribution in [-0.4, -0.2) is 24.8 Å². The van der Waals surface area contributed by atoms with Crippen LogP contribution in [0.4, 0.5) is 0 Å². The number of allylic oxidation sites excluding steroid dienone is 6. The average Bonchev–Trinajstić information content (AvgIpc) is 2.92. The fourth-order valence-electron chi connectivity index (χ4n) is 5.03. The standard InChI is InChI=1S/C37H70N2/c1-5-7-9-11-13-15-17-19-21-23-25-27-29-31-33-35-37(38-39(3)4)36-34-32-30-28-26-24-22-20-18-16-14-12-10-8-6-2/h11,13-14,16-17,19H,5-10,12,15,18,20-36H2,1-4H3/b13-11+,16-14-,19-17-,38-37?. The highest BCUT2D eigenvalue weighted by molar-refractivity contribution is 5.84. The smallest absolute Gasteiger partial charge is 0.0380 e. The van der Waals surface area contributed by atoms with Crippen LogP contribution in [0.15, 0.2) is 41.6 Å². The molecular formula is C37H70N2. The molecule has 0 N–H and O–H groups in total. The molecule has 228 valence electrons. The highest BCUT2D eigenvalue weighted by atomic mass is 15.4. The summed E-state index contributed by atoms with van der Waals surface area (Å²) >= 11 is 0. The zero-order valence-corrected chi connectivity index (χ0v) is 27.2. The molecule has 39 heavy (non-hydrogen) atoms. The quantitative estimate of drug-likeness (QED) is 0.0381. The fourth-order valence-corrected chi connectivity index (χ4v) is 5.03. The summed E-state index contributed by atoms with van der Waals surface area (Å²) < 4.78 is 0. The van der Waals surface area contributed by atoms with Crippen LogP contribution < -0.4 is 0 Å². The van der Waals surface area contributed by atoms with Gasteiger partial charge in [0, 0.05) is 19.8 Å². The van der Waals surface area contributed by atoms with Gasteiger partial charge in [-0.05, 0) is 77.0 Å². The van der Waals surface area contributed by atoms with Crippen molar-refractivity contribution in [3.05, 3.63) is 36.5 Å². The van der Waals surface area contributed by atoms with Gasteiger partial charge in [0.2, 0.25) is 0 Å². The topological polar surface area (TPSA) is 15.6 Å². The Hall–Kier alpha value is -1.31. The van der Waals surface area contributed by atoms with Crippen LogP contribution in [0.3, 0.4) is 0 Å². The molecule has 0 aliphatic heterocycles. The van der Waals surface area contributed by atoms with E-state index in [1.807, 2.05) is 5.01 Å². The van der Waals surface area contributed by atoms with E-state index in [1.165, 1.54) is 166 Å². The van der Waals surface area contributed by atoms with E-state index < -0.39 is 0 Å². The number of hydrazone groups is 1. The largest absolute Gasteiger partial charge is 0.303 e. The molecule has 0 amide bonds. The first kappa shape index (κ1) is 37.7. The van der Waals surface area contributed by atoms with Crippen molar-refractivity contribution in [1.82, 2.24) is 5.01 Å². The minimum atomic E-state index is 1.11. The van der Waals surface area contributed by atoms with Crippen LogP contribution >= 0.6 is 0 Å². The van der Waals surface area contributed by atoms with E-state index in [-0.39, 0.29) is 0 Å². The summed E-state index contributed by atoms with van der Waals surface area (Å²) in [5, 5.41) is 6.82. The van der Waals surface area contributed by atoms with Gasteiger partial charge in [0.1, 0.15) is 0 Å². The molecule has 0 saturated carbocycles. The monoisotopic (exact) mass is 543 g/mol. The lowest BCUT2D eigenvalue weighted by Crippen LogP contribution is -2.09. The third-order valence-corrected chi connectivity index (χ3v) is 7.48. The molecule has 0 rings (SSSR count). The summed E-state index contributed by atoms with van der Waals surface area (Å²) in [7, 11) is 4.14. The molecule has 0 saturated heterocycles. The van der Waals surface area contributed by atoms with Gasteiger partial charge in [-0.2, -0.15) is 5.10 Å². The van der Waals surface area contributed by atoms with E-state index >= 15 is 0 Å². The van der Waals surface area contributed by atoms with E-state index in [1.54, 1.807) is 0 Å². The lowest BCUT2D eigenvalue weighted by atomic mass is 10.0. The minimum absolute atomic E-state index is 1.11. The first-order valence-corrected chi connectivity index (χ1v) is 17.4. The maximum Gasteiger partial charge on any atom is 0.0380 e. The summed E-state index contributed by atoms with van der Waals surface area (Å²) in [5.74, 6) is 0. The third kappa shape index (κ3) is 32.8. The van der Waals surface area contributed by atoms with E-state index in [9.17, 15) is 0 Å². The van der Waals surface area contributed by atoms with Crippen molar-refractivity contribution in [3.8, 4) is 0 Å². The molecule has 0 aliphatic rings. The van der Waals surface area contributed by atoms with Gasteiger partial charge in [-0.25, -0.2) is 0 Å². The predicted octanol–water partition coefficient (Wildman–Crippen LogP) is 12.8. The van der Waals surface area contributed by atoms with Crippen LogP contribution in [0.2, 0.25) is 0 Å². The second-order valence-corrected chi connectivity index (χ2v) is 11.8. The Morgan fingerprint density at radius 3 is 1.23 bits per heavy atom. The van der Waals surface area contributed by atoms with E-state index in [2.05, 4.69) is 64.4 Å². The van der Waals surface area contributed by atoms with Gasteiger partial charge in [0.15, 0.2) is 0 Å². The van der Waals surface area contributed by atoms with E-state index in [0.29, 0.717) is 0 Å². The number of hydrogen-bond donors (Lipinski definition) is 0. The van der Waals surface area contributed by atoms with Crippen molar-refractivity contribution < 1.29 is 0 Å². The lowest BCUT2D eigenvalue weighted by molar-refractivity contribution is 0.433. The highest BCUT2D eigenvalue weighted by Gasteiger charge is 2.02. The second-order valence-electron chi connectivity index (χ2n) is 11.8. The van der Waals surface area contributed by atoms with Crippen molar-refractivity contribution in [1.29, 1.82) is 0 Å². The maximum atomic E-state index is 4.82. The van der Waals surface area contributed by atoms with Gasteiger partial charge in [-0.3, -0.25) is 0 Å². The van der Waals surface area contributed by atoms with Gasteiger partial charge in [-0.15, -0.1) is 0 Å². The van der Waals surface area contributed by atoms with Crippen molar-refractivity contribution in [2.24, 2.45) is 5.10 Å². The molecule has 0 spiro atoms. The van der Waals surface area contributed by atoms with Gasteiger partial charge < -0.3 is 5.01 Å². The fraction of sp³-hybridized carbons (Fsp3) is 0.811. The molecule has 0 fully saturated rings. The molecule has 0 heterocycles. The first-order valence-electron chi connectivity index (χ1n) is 17.4. The number of hydrogen-bond acceptors (Lipinski definition) is 2. The van der Waals surface area contributed by atoms with Crippen LogP contribution in [-0.2, 0) is 0 Å². The highest BCUT2D eigenvalue weighted by Crippen LogP contribution is 2.15. The number of unbranched alkanes of at least 4 members (excludes halogenated alkanes) is 19. The van der Waals surface area contributed by atoms with Gasteiger partial charge in [-0.1, -0.05) is 140 Å². The van der Waals surface area contributed by atoms with Crippen LogP contribution in [0.5, 0.6) is 0 Å². The van der Waals surface area contributed by atoms with Crippen molar-refractivity contribution in [2.45, 2.75) is 181 Å². The van der Waals surface area contributed by atoms with E-state index in [0.717, 1.165) is 6.42 Å². The first-order chi connectivity index (χ1) is 19.2. The summed E-state index contributed by atoms with van der Waals surface area (Å²) in [4.78, 5) is 0. The van der Waals surface area contributed by atoms with Crippen LogP contribution in [0, 0.1) is 0 Å². The summed E-state index contributed by atoms with van der Waals surface area (Å²) in [5.41, 5.74) is 1.43. The Bertz CT molecular complexity index is 584. The maximum absolute atomic E-state index is 4.82. The molecule has 2 nitrogen and oxygen atoms in total. The van der Waals surface area contributed by atoms with Crippen LogP contribution in [0.1, 0.15) is 181 Å². The number of nitrogens with zero attached hydrogens (tertiary/aromatic N) is 2. The second kappa shape index (κ2) is 32.9. The normalized spacial score (nSPS) is 12.6. The summed E-state index contributed by atoms with van der Waals surface area (Å²) in [6, 6.07) is 0. The molecular weight excluding hydrogens is 472 g/mol. The minimum Gasteiger partial charge on any atom is -0.303 e. The SMILES string of the molecule is CCCC/C=C/C/C=C\CCCCCCCCC(CCCCCCCCCC/C=C\CCCCC)=NN(C)C. The zero-order valence-electron chi connectivity index (χ0n) is 27.2. The molecule has 0 aromatic rings. The van der Waals surface area contributed by atoms with Crippen LogP contribution in [0.25, 0.3) is 0 Å². The van der Waals surface area contributed by atoms with Crippen molar-refractivity contribution in [2.75, 3.05) is 14.1 Å². The predicted molar refractivity (Wildman–Crippen MR) is 180 cm³/mol. The summed E-state index contributed by atoms with van der Waals surface area (Å²) in [6.07, 6.45) is 48.7. The van der Waals surface area contributed by atoms with Gasteiger partial charge >= 0.3 is 0 Å². The molecule has 0 atom stereocenters. The third-order valence-electron chi connectivity index (χ3n) is 7.48. The average molecular weight is 543 g/mol. The molecule has 0 aromatic carbocycles. The lowest BCUT2D eigenvalue weighted by Gasteiger charge is -2.11. The Morgan fingerprint density at radius 1 is 0.436 bits per heavy atom. The zero-order chi connectivity index (χ0) is 28.5. The van der Waals surface area contributed by atoms with Gasteiger partial charge in [0.25, 0.3) is 0 Å². The molecule has 0 unspecified atom stereocenters. The number of rotatable bonds is 30. The summed E-state index contributed by atoms with van der Waals surface area (Å²) in [6.45, 7) is 4.53. The Balaban J connectivity index is 3.62. The molecule has 0 aliphatic carbocycles. The molecule has 0 bridgehead atoms. The molecule has 0 aromatic heterocycles. The van der Waals surface area contributed by atoms with E-state index in [4.69, 9.17) is 5.10 Å². The Kier molecular flexibility index (Phi) is 31.8. The van der Waals surface area contributed by atoms with Gasteiger partial charge in [0.05, 0.1) is 0 Å².